The number of amidine groups is 1. The molecule has 1 rings (SSSR count). The predicted octanol–water partition coefficient (Wildman–Crippen LogP) is 2.66. The highest BCUT2D eigenvalue weighted by atomic mass is 16.6. The van der Waals surface area contributed by atoms with Crippen LogP contribution in [0, 0.1) is 5.92 Å². The van der Waals surface area contributed by atoms with Crippen molar-refractivity contribution >= 4 is 11.9 Å². The van der Waals surface area contributed by atoms with Gasteiger partial charge in [0.2, 0.25) is 0 Å². The molecular formula is C15H29N3O2. The Morgan fingerprint density at radius 1 is 1.40 bits per heavy atom. The summed E-state index contributed by atoms with van der Waals surface area (Å²) in [5.74, 6) is 1.53. The van der Waals surface area contributed by atoms with E-state index < -0.39 is 5.60 Å². The Balaban J connectivity index is 2.49. The van der Waals surface area contributed by atoms with E-state index in [0.717, 1.165) is 12.3 Å². The van der Waals surface area contributed by atoms with Gasteiger partial charge in [0.05, 0.1) is 13.1 Å². The summed E-state index contributed by atoms with van der Waals surface area (Å²) in [7, 11) is 0. The Morgan fingerprint density at radius 3 is 2.60 bits per heavy atom. The van der Waals surface area contributed by atoms with Crippen molar-refractivity contribution in [3.63, 3.8) is 0 Å². The summed E-state index contributed by atoms with van der Waals surface area (Å²) >= 11 is 0. The average Bonchev–Trinajstić information content (AvgIpc) is 2.25. The summed E-state index contributed by atoms with van der Waals surface area (Å²) in [4.78, 5) is 18.2. The van der Waals surface area contributed by atoms with Gasteiger partial charge in [-0.05, 0) is 40.0 Å². The molecule has 0 aliphatic carbocycles. The molecule has 0 fully saturated rings. The SMILES string of the molecule is CC(C)CC(C)NC1=NCCN(C(=O)OC(C)(C)C)C1. The zero-order valence-electron chi connectivity index (χ0n) is 13.7. The van der Waals surface area contributed by atoms with Gasteiger partial charge in [-0.15, -0.1) is 0 Å². The van der Waals surface area contributed by atoms with E-state index in [1.54, 1.807) is 4.90 Å². The highest BCUT2D eigenvalue weighted by Crippen LogP contribution is 2.11. The predicted molar refractivity (Wildman–Crippen MR) is 82.2 cm³/mol. The minimum Gasteiger partial charge on any atom is -0.444 e. The second kappa shape index (κ2) is 6.95. The molecule has 1 N–H and O–H groups in total. The van der Waals surface area contributed by atoms with Crippen molar-refractivity contribution in [2.24, 2.45) is 10.9 Å². The number of hydrogen-bond acceptors (Lipinski definition) is 4. The fraction of sp³-hybridized carbons (Fsp3) is 0.867. The molecule has 0 radical (unpaired) electrons. The Bertz CT molecular complexity index is 359. The van der Waals surface area contributed by atoms with Crippen molar-refractivity contribution < 1.29 is 9.53 Å². The van der Waals surface area contributed by atoms with Crippen molar-refractivity contribution in [1.82, 2.24) is 10.2 Å². The first-order valence-electron chi connectivity index (χ1n) is 7.45. The van der Waals surface area contributed by atoms with Crippen LogP contribution >= 0.6 is 0 Å². The maximum absolute atomic E-state index is 12.0. The number of carbonyl (C=O) groups excluding carboxylic acids is 1. The average molecular weight is 283 g/mol. The second-order valence-electron chi connectivity index (χ2n) is 6.91. The van der Waals surface area contributed by atoms with Gasteiger partial charge in [0, 0.05) is 12.6 Å². The quantitative estimate of drug-likeness (QED) is 0.866. The van der Waals surface area contributed by atoms with Crippen LogP contribution in [0.4, 0.5) is 4.79 Å². The van der Waals surface area contributed by atoms with E-state index in [2.05, 4.69) is 31.1 Å². The van der Waals surface area contributed by atoms with Gasteiger partial charge in [-0.1, -0.05) is 13.8 Å². The maximum atomic E-state index is 12.0. The molecule has 1 heterocycles. The second-order valence-corrected chi connectivity index (χ2v) is 6.91. The van der Waals surface area contributed by atoms with Crippen LogP contribution in [-0.4, -0.2) is 48.1 Å². The monoisotopic (exact) mass is 283 g/mol. The molecule has 0 bridgehead atoms. The molecule has 1 amide bonds. The summed E-state index contributed by atoms with van der Waals surface area (Å²) in [6.45, 7) is 14.0. The van der Waals surface area contributed by atoms with Gasteiger partial charge in [-0.3, -0.25) is 9.89 Å². The number of ether oxygens (including phenoxy) is 1. The van der Waals surface area contributed by atoms with E-state index in [-0.39, 0.29) is 6.09 Å². The molecular weight excluding hydrogens is 254 g/mol. The summed E-state index contributed by atoms with van der Waals surface area (Å²) in [5.41, 5.74) is -0.454. The lowest BCUT2D eigenvalue weighted by Crippen LogP contribution is -2.49. The normalized spacial score (nSPS) is 17.8. The number of carbonyl (C=O) groups is 1. The van der Waals surface area contributed by atoms with Crippen LogP contribution in [-0.2, 0) is 4.74 Å². The Hall–Kier alpha value is -1.26. The van der Waals surface area contributed by atoms with Crippen LogP contribution < -0.4 is 5.32 Å². The van der Waals surface area contributed by atoms with Gasteiger partial charge < -0.3 is 10.1 Å². The van der Waals surface area contributed by atoms with Crippen LogP contribution in [0.25, 0.3) is 0 Å². The zero-order chi connectivity index (χ0) is 15.3. The first-order valence-corrected chi connectivity index (χ1v) is 7.45. The lowest BCUT2D eigenvalue weighted by molar-refractivity contribution is 0.0276. The molecule has 0 saturated heterocycles. The summed E-state index contributed by atoms with van der Waals surface area (Å²) in [5, 5.41) is 3.40. The van der Waals surface area contributed by atoms with E-state index in [1.807, 2.05) is 20.8 Å². The minimum atomic E-state index is -0.454. The Kier molecular flexibility index (Phi) is 5.84. The van der Waals surface area contributed by atoms with E-state index >= 15 is 0 Å². The molecule has 1 unspecified atom stereocenters. The lowest BCUT2D eigenvalue weighted by Gasteiger charge is -2.31. The maximum Gasteiger partial charge on any atom is 0.410 e. The van der Waals surface area contributed by atoms with Crippen LogP contribution in [0.15, 0.2) is 4.99 Å². The first-order chi connectivity index (χ1) is 9.17. The fourth-order valence-electron chi connectivity index (χ4n) is 2.24. The standard InChI is InChI=1S/C15H29N3O2/c1-11(2)9-12(3)17-13-10-18(8-7-16-13)14(19)20-15(4,5)6/h11-12H,7-10H2,1-6H3,(H,16,17). The van der Waals surface area contributed by atoms with Crippen molar-refractivity contribution in [1.29, 1.82) is 0 Å². The van der Waals surface area contributed by atoms with Gasteiger partial charge in [0.15, 0.2) is 0 Å². The van der Waals surface area contributed by atoms with E-state index in [0.29, 0.717) is 31.6 Å². The topological polar surface area (TPSA) is 53.9 Å². The number of rotatable bonds is 3. The highest BCUT2D eigenvalue weighted by Gasteiger charge is 2.25. The summed E-state index contributed by atoms with van der Waals surface area (Å²) in [6, 6.07) is 0.368. The fourth-order valence-corrected chi connectivity index (χ4v) is 2.24. The van der Waals surface area contributed by atoms with Gasteiger partial charge in [0.25, 0.3) is 0 Å². The number of nitrogens with zero attached hydrogens (tertiary/aromatic N) is 2. The van der Waals surface area contributed by atoms with Crippen LogP contribution in [0.3, 0.4) is 0 Å². The number of hydrogen-bond donors (Lipinski definition) is 1. The minimum absolute atomic E-state index is 0.261. The molecule has 0 saturated carbocycles. The van der Waals surface area contributed by atoms with Crippen LogP contribution in [0.5, 0.6) is 0 Å². The third-order valence-corrected chi connectivity index (χ3v) is 2.90. The molecule has 20 heavy (non-hydrogen) atoms. The Morgan fingerprint density at radius 2 is 2.05 bits per heavy atom. The molecule has 0 aromatic carbocycles. The van der Waals surface area contributed by atoms with Gasteiger partial charge in [0.1, 0.15) is 11.4 Å². The van der Waals surface area contributed by atoms with Gasteiger partial charge >= 0.3 is 6.09 Å². The zero-order valence-corrected chi connectivity index (χ0v) is 13.7. The smallest absolute Gasteiger partial charge is 0.410 e. The molecule has 1 aliphatic rings. The van der Waals surface area contributed by atoms with Crippen LogP contribution in [0.1, 0.15) is 48.0 Å². The first kappa shape index (κ1) is 16.8. The molecule has 0 spiro atoms. The molecule has 116 valence electrons. The summed E-state index contributed by atoms with van der Waals surface area (Å²) < 4.78 is 5.40. The van der Waals surface area contributed by atoms with E-state index in [4.69, 9.17) is 4.74 Å². The molecule has 5 heteroatoms. The summed E-state index contributed by atoms with van der Waals surface area (Å²) in [6.07, 6.45) is 0.828. The van der Waals surface area contributed by atoms with Crippen molar-refractivity contribution in [3.05, 3.63) is 0 Å². The highest BCUT2D eigenvalue weighted by molar-refractivity contribution is 5.88. The van der Waals surface area contributed by atoms with Gasteiger partial charge in [-0.25, -0.2) is 4.79 Å². The number of aliphatic imine (C=N–C) groups is 1. The van der Waals surface area contributed by atoms with E-state index in [9.17, 15) is 4.79 Å². The van der Waals surface area contributed by atoms with Crippen molar-refractivity contribution in [2.45, 2.75) is 59.6 Å². The van der Waals surface area contributed by atoms with E-state index in [1.165, 1.54) is 0 Å². The number of nitrogens with one attached hydrogen (secondary N) is 1. The van der Waals surface area contributed by atoms with Gasteiger partial charge in [-0.2, -0.15) is 0 Å². The number of amides is 1. The van der Waals surface area contributed by atoms with Crippen molar-refractivity contribution in [3.8, 4) is 0 Å². The lowest BCUT2D eigenvalue weighted by atomic mass is 10.1. The largest absolute Gasteiger partial charge is 0.444 e. The van der Waals surface area contributed by atoms with Crippen LogP contribution in [0.2, 0.25) is 0 Å². The molecule has 1 atom stereocenters. The molecule has 1 aliphatic heterocycles. The third kappa shape index (κ3) is 6.26. The molecule has 5 nitrogen and oxygen atoms in total. The Labute approximate surface area is 122 Å². The molecule has 0 aromatic rings. The third-order valence-electron chi connectivity index (χ3n) is 2.90. The molecule has 0 aromatic heterocycles. The van der Waals surface area contributed by atoms with Crippen molar-refractivity contribution in [2.75, 3.05) is 19.6 Å².